The minimum absolute atomic E-state index is 0.0326. The molecular weight excluding hydrogens is 276 g/mol. The zero-order valence-electron chi connectivity index (χ0n) is 12.3. The lowest BCUT2D eigenvalue weighted by molar-refractivity contribution is 0.456. The van der Waals surface area contributed by atoms with Crippen LogP contribution in [0.25, 0.3) is 0 Å². The molecule has 1 aliphatic heterocycles. The molecule has 2 heterocycles. The van der Waals surface area contributed by atoms with E-state index in [1.165, 1.54) is 11.5 Å². The van der Waals surface area contributed by atoms with Crippen LogP contribution in [0.3, 0.4) is 0 Å². The molecule has 2 rings (SSSR count). The number of rotatable bonds is 3. The average Bonchev–Trinajstić information content (AvgIpc) is 2.88. The Hall–Kier alpha value is -0.330. The number of hydrogen-bond donors (Lipinski definition) is 1. The second kappa shape index (κ2) is 5.58. The smallest absolute Gasteiger partial charge is 0.205 e. The van der Waals surface area contributed by atoms with Gasteiger partial charge in [-0.05, 0) is 19.1 Å². The van der Waals surface area contributed by atoms with Crippen molar-refractivity contribution in [2.24, 2.45) is 5.73 Å². The third-order valence-electron chi connectivity index (χ3n) is 3.84. The molecule has 1 fully saturated rings. The predicted octanol–water partition coefficient (Wildman–Crippen LogP) is 2.50. The van der Waals surface area contributed by atoms with Gasteiger partial charge in [0.1, 0.15) is 5.82 Å². The first-order chi connectivity index (χ1) is 8.90. The molecule has 4 nitrogen and oxygen atoms in total. The van der Waals surface area contributed by atoms with E-state index in [1.54, 1.807) is 0 Å². The predicted molar refractivity (Wildman–Crippen MR) is 85.4 cm³/mol. The van der Waals surface area contributed by atoms with Crippen LogP contribution in [-0.4, -0.2) is 40.0 Å². The third-order valence-corrected chi connectivity index (χ3v) is 6.05. The first kappa shape index (κ1) is 15.1. The Labute approximate surface area is 124 Å². The van der Waals surface area contributed by atoms with Crippen molar-refractivity contribution in [1.29, 1.82) is 0 Å². The zero-order valence-corrected chi connectivity index (χ0v) is 13.9. The molecule has 0 aromatic carbocycles. The number of nitrogens with zero attached hydrogens (tertiary/aromatic N) is 3. The topological polar surface area (TPSA) is 55.0 Å². The summed E-state index contributed by atoms with van der Waals surface area (Å²) in [6.07, 6.45) is 4.44. The van der Waals surface area contributed by atoms with Crippen LogP contribution in [0.2, 0.25) is 0 Å². The van der Waals surface area contributed by atoms with Gasteiger partial charge in [0.25, 0.3) is 0 Å². The van der Waals surface area contributed by atoms with Gasteiger partial charge in [0.2, 0.25) is 5.13 Å². The van der Waals surface area contributed by atoms with Crippen LogP contribution in [0, 0.1) is 0 Å². The highest BCUT2D eigenvalue weighted by molar-refractivity contribution is 8.00. The summed E-state index contributed by atoms with van der Waals surface area (Å²) in [5.41, 5.74) is 5.96. The molecule has 0 saturated carbocycles. The Kier molecular flexibility index (Phi) is 4.42. The Morgan fingerprint density at radius 3 is 2.42 bits per heavy atom. The number of anilines is 1. The van der Waals surface area contributed by atoms with E-state index in [9.17, 15) is 0 Å². The molecular formula is C13H24N4S2. The fourth-order valence-corrected chi connectivity index (χ4v) is 3.91. The lowest BCUT2D eigenvalue weighted by atomic mass is 9.96. The van der Waals surface area contributed by atoms with Crippen molar-refractivity contribution in [3.63, 3.8) is 0 Å². The highest BCUT2D eigenvalue weighted by atomic mass is 32.2. The van der Waals surface area contributed by atoms with Crippen molar-refractivity contribution in [1.82, 2.24) is 9.36 Å². The van der Waals surface area contributed by atoms with Crippen LogP contribution in [0.5, 0.6) is 0 Å². The number of piperidine rings is 1. The summed E-state index contributed by atoms with van der Waals surface area (Å²) in [7, 11) is 0. The van der Waals surface area contributed by atoms with Gasteiger partial charge in [-0.3, -0.25) is 0 Å². The Balaban J connectivity index is 2.04. The first-order valence-corrected chi connectivity index (χ1v) is 8.74. The molecule has 2 N–H and O–H groups in total. The van der Waals surface area contributed by atoms with Gasteiger partial charge in [-0.25, -0.2) is 4.98 Å². The van der Waals surface area contributed by atoms with Crippen molar-refractivity contribution in [3.05, 3.63) is 5.82 Å². The summed E-state index contributed by atoms with van der Waals surface area (Å²) in [5.74, 6) is 0.952. The monoisotopic (exact) mass is 300 g/mol. The minimum atomic E-state index is 0.0326. The van der Waals surface area contributed by atoms with Gasteiger partial charge in [0.05, 0.1) is 0 Å². The summed E-state index contributed by atoms with van der Waals surface area (Å²) in [4.78, 5) is 7.06. The van der Waals surface area contributed by atoms with E-state index in [-0.39, 0.29) is 10.2 Å². The molecule has 0 atom stereocenters. The maximum atomic E-state index is 5.93. The van der Waals surface area contributed by atoms with Gasteiger partial charge in [-0.1, -0.05) is 20.8 Å². The van der Waals surface area contributed by atoms with Crippen molar-refractivity contribution in [2.45, 2.75) is 43.8 Å². The quantitative estimate of drug-likeness (QED) is 0.929. The maximum absolute atomic E-state index is 5.93. The van der Waals surface area contributed by atoms with Crippen LogP contribution >= 0.6 is 23.3 Å². The first-order valence-electron chi connectivity index (χ1n) is 6.74. The fraction of sp³-hybridized carbons (Fsp3) is 0.846. The van der Waals surface area contributed by atoms with Crippen LogP contribution in [0.15, 0.2) is 0 Å². The van der Waals surface area contributed by atoms with Gasteiger partial charge in [-0.15, -0.1) is 0 Å². The minimum Gasteiger partial charge on any atom is -0.347 e. The highest BCUT2D eigenvalue weighted by Crippen LogP contribution is 2.36. The Morgan fingerprint density at radius 1 is 1.37 bits per heavy atom. The molecule has 1 aromatic rings. The summed E-state index contributed by atoms with van der Waals surface area (Å²) >= 11 is 3.44. The molecule has 0 bridgehead atoms. The van der Waals surface area contributed by atoms with E-state index in [0.29, 0.717) is 0 Å². The Bertz CT molecular complexity index is 411. The summed E-state index contributed by atoms with van der Waals surface area (Å²) in [6, 6.07) is 0. The molecule has 0 unspecified atom stereocenters. The maximum Gasteiger partial charge on any atom is 0.205 e. The molecule has 19 heavy (non-hydrogen) atoms. The number of nitrogens with two attached hydrogens (primary N) is 1. The van der Waals surface area contributed by atoms with Crippen molar-refractivity contribution in [3.8, 4) is 0 Å². The van der Waals surface area contributed by atoms with Crippen molar-refractivity contribution >= 4 is 28.4 Å². The van der Waals surface area contributed by atoms with Gasteiger partial charge >= 0.3 is 0 Å². The normalized spacial score (nSPS) is 19.7. The highest BCUT2D eigenvalue weighted by Gasteiger charge is 2.33. The molecule has 6 heteroatoms. The second-order valence-corrected chi connectivity index (χ2v) is 8.23. The number of aromatic nitrogens is 2. The zero-order chi connectivity index (χ0) is 14.1. The molecule has 1 saturated heterocycles. The van der Waals surface area contributed by atoms with Crippen LogP contribution in [0.1, 0.15) is 39.4 Å². The van der Waals surface area contributed by atoms with Crippen LogP contribution in [0.4, 0.5) is 5.13 Å². The van der Waals surface area contributed by atoms with Crippen molar-refractivity contribution < 1.29 is 0 Å². The summed E-state index contributed by atoms with van der Waals surface area (Å²) in [6.45, 7) is 9.31. The molecule has 0 amide bonds. The number of hydrogen-bond acceptors (Lipinski definition) is 6. The third kappa shape index (κ3) is 3.23. The van der Waals surface area contributed by atoms with Gasteiger partial charge < -0.3 is 10.6 Å². The van der Waals surface area contributed by atoms with Gasteiger partial charge in [0, 0.05) is 41.3 Å². The van der Waals surface area contributed by atoms with E-state index < -0.39 is 0 Å². The van der Waals surface area contributed by atoms with Crippen molar-refractivity contribution in [2.75, 3.05) is 30.8 Å². The van der Waals surface area contributed by atoms with Crippen LogP contribution < -0.4 is 10.6 Å². The average molecular weight is 300 g/mol. The van der Waals surface area contributed by atoms with E-state index in [4.69, 9.17) is 10.7 Å². The number of thioether (sulfide) groups is 1. The van der Waals surface area contributed by atoms with E-state index in [0.717, 1.165) is 43.4 Å². The van der Waals surface area contributed by atoms with E-state index >= 15 is 0 Å². The molecule has 0 aliphatic carbocycles. The molecule has 108 valence electrons. The fourth-order valence-electron chi connectivity index (χ4n) is 2.25. The van der Waals surface area contributed by atoms with Gasteiger partial charge in [-0.2, -0.15) is 16.1 Å². The largest absolute Gasteiger partial charge is 0.347 e. The van der Waals surface area contributed by atoms with Gasteiger partial charge in [0.15, 0.2) is 0 Å². The summed E-state index contributed by atoms with van der Waals surface area (Å²) < 4.78 is 4.77. The second-order valence-electron chi connectivity index (χ2n) is 6.23. The standard InChI is InChI=1S/C13H24N4S2/c1-12(2,3)10-15-11(19-16-10)17-7-5-13(9-14,18-4)6-8-17/h5-9,14H2,1-4H3. The summed E-state index contributed by atoms with van der Waals surface area (Å²) in [5, 5.41) is 1.07. The SMILES string of the molecule is CSC1(CN)CCN(c2nc(C(C)(C)C)ns2)CC1. The lowest BCUT2D eigenvalue weighted by Crippen LogP contribution is -2.46. The Morgan fingerprint density at radius 2 is 2.00 bits per heavy atom. The van der Waals surface area contributed by atoms with Crippen LogP contribution in [-0.2, 0) is 5.41 Å². The molecule has 1 aromatic heterocycles. The lowest BCUT2D eigenvalue weighted by Gasteiger charge is -2.39. The molecule has 1 aliphatic rings. The van der Waals surface area contributed by atoms with E-state index in [1.807, 2.05) is 11.8 Å². The van der Waals surface area contributed by atoms with E-state index in [2.05, 4.69) is 36.3 Å². The molecule has 0 radical (unpaired) electrons. The molecule has 0 spiro atoms.